The van der Waals surface area contributed by atoms with Gasteiger partial charge in [0.05, 0.1) is 5.69 Å². The minimum Gasteiger partial charge on any atom is -0.299 e. The molecule has 1 N–H and O–H groups in total. The van der Waals surface area contributed by atoms with Gasteiger partial charge in [-0.1, -0.05) is 28.5 Å². The maximum Gasteiger partial charge on any atom is 0.279 e. The number of amides is 1. The van der Waals surface area contributed by atoms with E-state index < -0.39 is 11.3 Å². The van der Waals surface area contributed by atoms with Crippen LogP contribution in [0.1, 0.15) is 20.8 Å². The first-order valence-electron chi connectivity index (χ1n) is 5.22. The third-order valence-electron chi connectivity index (χ3n) is 2.51. The smallest absolute Gasteiger partial charge is 0.279 e. The van der Waals surface area contributed by atoms with Gasteiger partial charge in [-0.25, -0.2) is 0 Å². The molecule has 1 rings (SSSR count). The van der Waals surface area contributed by atoms with E-state index >= 15 is 0 Å². The minimum absolute atomic E-state index is 0.235. The van der Waals surface area contributed by atoms with Crippen molar-refractivity contribution in [1.29, 1.82) is 0 Å². The van der Waals surface area contributed by atoms with Crippen molar-refractivity contribution >= 4 is 17.4 Å². The molecular weight excluding hydrogens is 218 g/mol. The first kappa shape index (κ1) is 13.0. The molecule has 90 valence electrons. The second kappa shape index (κ2) is 5.34. The van der Waals surface area contributed by atoms with E-state index in [-0.39, 0.29) is 5.78 Å². The summed E-state index contributed by atoms with van der Waals surface area (Å²) in [6.45, 7) is 4.41. The van der Waals surface area contributed by atoms with Crippen LogP contribution < -0.4 is 5.43 Å². The second-order valence-electron chi connectivity index (χ2n) is 4.16. The predicted octanol–water partition coefficient (Wildman–Crippen LogP) is 2.61. The average molecular weight is 233 g/mol. The summed E-state index contributed by atoms with van der Waals surface area (Å²) >= 11 is 0. The molecule has 0 fully saturated rings. The number of carbonyl (C=O) groups excluding carboxylic acids is 2. The van der Waals surface area contributed by atoms with Gasteiger partial charge in [0.1, 0.15) is 11.2 Å². The molecule has 1 aromatic rings. The molecule has 0 unspecified atom stereocenters. The van der Waals surface area contributed by atoms with E-state index in [1.165, 1.54) is 20.8 Å². The summed E-state index contributed by atoms with van der Waals surface area (Å²) in [6.07, 6.45) is 0. The number of hydrogen-bond acceptors (Lipinski definition) is 3. The quantitative estimate of drug-likeness (QED) is 0.493. The van der Waals surface area contributed by atoms with Gasteiger partial charge in [0.15, 0.2) is 0 Å². The van der Waals surface area contributed by atoms with Crippen molar-refractivity contribution < 1.29 is 9.59 Å². The molecule has 0 aromatic heterocycles. The summed E-state index contributed by atoms with van der Waals surface area (Å²) in [6, 6.07) is 9.12. The molecule has 0 aliphatic carbocycles. The molecule has 0 spiro atoms. The number of hydrogen-bond donors (Lipinski definition) is 1. The van der Waals surface area contributed by atoms with Gasteiger partial charge in [0.25, 0.3) is 5.91 Å². The first-order chi connectivity index (χ1) is 7.94. The molecule has 1 aromatic carbocycles. The number of para-hydroxylation sites is 1. The molecule has 0 aliphatic rings. The van der Waals surface area contributed by atoms with Gasteiger partial charge in [-0.2, -0.15) is 0 Å². The molecule has 0 heterocycles. The number of nitrogens with zero attached hydrogens (tertiary/aromatic N) is 2. The summed E-state index contributed by atoms with van der Waals surface area (Å²) in [5, 5.41) is 7.03. The summed E-state index contributed by atoms with van der Waals surface area (Å²) in [5.41, 5.74) is 2.22. The zero-order chi connectivity index (χ0) is 12.9. The van der Waals surface area contributed by atoms with Crippen LogP contribution in [0.4, 0.5) is 5.69 Å². The highest BCUT2D eigenvalue weighted by molar-refractivity contribution is 6.04. The van der Waals surface area contributed by atoms with Crippen molar-refractivity contribution in [1.82, 2.24) is 0 Å². The third-order valence-corrected chi connectivity index (χ3v) is 2.51. The van der Waals surface area contributed by atoms with Gasteiger partial charge >= 0.3 is 0 Å². The highest BCUT2D eigenvalue weighted by Gasteiger charge is 2.32. The van der Waals surface area contributed by atoms with Crippen LogP contribution in [0.25, 0.3) is 0 Å². The second-order valence-corrected chi connectivity index (χ2v) is 4.16. The Morgan fingerprint density at radius 1 is 1.18 bits per heavy atom. The number of nitrogens with one attached hydrogen (secondary N) is 1. The van der Waals surface area contributed by atoms with Crippen LogP contribution >= 0.6 is 0 Å². The highest BCUT2D eigenvalue weighted by atomic mass is 16.2. The number of rotatable bonds is 4. The lowest BCUT2D eigenvalue weighted by Gasteiger charge is -2.14. The standard InChI is InChI=1S/C12H15N3O2/c1-9(16)12(2,3)11(17)14-15-13-10-7-5-4-6-8-10/h4-8H,1-3H3,(H,13,14,17). The van der Waals surface area contributed by atoms with E-state index in [1.54, 1.807) is 12.1 Å². The fraction of sp³-hybridized carbons (Fsp3) is 0.333. The number of anilines is 1. The molecule has 0 aliphatic heterocycles. The molecular formula is C12H15N3O2. The van der Waals surface area contributed by atoms with Crippen LogP contribution in [-0.4, -0.2) is 11.7 Å². The molecule has 17 heavy (non-hydrogen) atoms. The van der Waals surface area contributed by atoms with Crippen molar-refractivity contribution in [3.8, 4) is 0 Å². The van der Waals surface area contributed by atoms with Gasteiger partial charge in [-0.3, -0.25) is 15.0 Å². The van der Waals surface area contributed by atoms with E-state index in [9.17, 15) is 9.59 Å². The molecule has 5 heteroatoms. The van der Waals surface area contributed by atoms with Crippen LogP contribution in [0.5, 0.6) is 0 Å². The topological polar surface area (TPSA) is 70.9 Å². The summed E-state index contributed by atoms with van der Waals surface area (Å²) in [4.78, 5) is 22.8. The Morgan fingerprint density at radius 2 is 1.76 bits per heavy atom. The van der Waals surface area contributed by atoms with E-state index in [1.807, 2.05) is 18.2 Å². The lowest BCUT2D eigenvalue weighted by Crippen LogP contribution is -2.30. The van der Waals surface area contributed by atoms with Crippen LogP contribution in [0, 0.1) is 5.41 Å². The average Bonchev–Trinajstić information content (AvgIpc) is 2.30. The Hall–Kier alpha value is -2.04. The number of benzene rings is 1. The molecule has 0 atom stereocenters. The molecule has 0 saturated carbocycles. The van der Waals surface area contributed by atoms with Crippen molar-refractivity contribution in [3.63, 3.8) is 0 Å². The van der Waals surface area contributed by atoms with E-state index in [0.717, 1.165) is 5.69 Å². The predicted molar refractivity (Wildman–Crippen MR) is 64.4 cm³/mol. The molecule has 1 amide bonds. The van der Waals surface area contributed by atoms with Gasteiger partial charge < -0.3 is 0 Å². The molecule has 5 nitrogen and oxygen atoms in total. The Morgan fingerprint density at radius 3 is 2.29 bits per heavy atom. The first-order valence-corrected chi connectivity index (χ1v) is 5.22. The zero-order valence-corrected chi connectivity index (χ0v) is 10.1. The lowest BCUT2D eigenvalue weighted by atomic mass is 9.88. The molecule has 0 bridgehead atoms. The number of carbonyl (C=O) groups is 2. The SMILES string of the molecule is CC(=O)C(C)(C)C(=O)N=NNc1ccccc1. The van der Waals surface area contributed by atoms with Crippen molar-refractivity contribution in [2.45, 2.75) is 20.8 Å². The Kier molecular flexibility index (Phi) is 4.09. The maximum atomic E-state index is 11.6. The van der Waals surface area contributed by atoms with Crippen molar-refractivity contribution in [2.24, 2.45) is 15.8 Å². The van der Waals surface area contributed by atoms with Gasteiger partial charge in [-0.15, -0.1) is 0 Å². The monoisotopic (exact) mass is 233 g/mol. The largest absolute Gasteiger partial charge is 0.299 e. The third kappa shape index (κ3) is 3.48. The van der Waals surface area contributed by atoms with Gasteiger partial charge in [0.2, 0.25) is 0 Å². The normalized spacial score (nSPS) is 11.5. The fourth-order valence-corrected chi connectivity index (χ4v) is 0.916. The highest BCUT2D eigenvalue weighted by Crippen LogP contribution is 2.18. The minimum atomic E-state index is -1.12. The Bertz CT molecular complexity index is 438. The van der Waals surface area contributed by atoms with E-state index in [2.05, 4.69) is 15.8 Å². The van der Waals surface area contributed by atoms with E-state index in [0.29, 0.717) is 0 Å². The summed E-state index contributed by atoms with van der Waals surface area (Å²) in [7, 11) is 0. The maximum absolute atomic E-state index is 11.6. The molecule has 0 radical (unpaired) electrons. The van der Waals surface area contributed by atoms with E-state index in [4.69, 9.17) is 0 Å². The van der Waals surface area contributed by atoms with Crippen molar-refractivity contribution in [3.05, 3.63) is 30.3 Å². The van der Waals surface area contributed by atoms with Gasteiger partial charge in [0, 0.05) is 0 Å². The summed E-state index contributed by atoms with van der Waals surface area (Å²) < 4.78 is 0. The zero-order valence-electron chi connectivity index (χ0n) is 10.1. The van der Waals surface area contributed by atoms with Gasteiger partial charge in [-0.05, 0) is 32.9 Å². The van der Waals surface area contributed by atoms with Crippen LogP contribution in [0.2, 0.25) is 0 Å². The van der Waals surface area contributed by atoms with Crippen LogP contribution in [0.3, 0.4) is 0 Å². The lowest BCUT2D eigenvalue weighted by molar-refractivity contribution is -0.136. The number of Topliss-reactive ketones (excluding diaryl/α,β-unsaturated/α-hetero) is 1. The Balaban J connectivity index is 2.61. The number of ketones is 1. The molecule has 0 saturated heterocycles. The van der Waals surface area contributed by atoms with Crippen LogP contribution in [0.15, 0.2) is 40.7 Å². The fourth-order valence-electron chi connectivity index (χ4n) is 0.916. The van der Waals surface area contributed by atoms with Crippen molar-refractivity contribution in [2.75, 3.05) is 5.43 Å². The van der Waals surface area contributed by atoms with Crippen LogP contribution in [-0.2, 0) is 9.59 Å². The Labute approximate surface area is 99.9 Å². The summed E-state index contributed by atoms with van der Waals surface area (Å²) in [5.74, 6) is -0.797.